The first-order valence-electron chi connectivity index (χ1n) is 5.14. The molecule has 15 heteroatoms. The zero-order valence-corrected chi connectivity index (χ0v) is 12.7. The predicted octanol–water partition coefficient (Wildman–Crippen LogP) is 5.04. The highest BCUT2D eigenvalue weighted by molar-refractivity contribution is 14.1. The summed E-state index contributed by atoms with van der Waals surface area (Å²) in [6, 6.07) is 0. The van der Waals surface area contributed by atoms with Crippen molar-refractivity contribution in [1.82, 2.24) is 0 Å². The Morgan fingerprint density at radius 3 is 1.29 bits per heavy atom. The SMILES string of the molecule is OCC(I)=CC(F)(F)C(F)(F)C(F)(F)C(F)(F)C(F)(F)C(F)(F)F. The van der Waals surface area contributed by atoms with Gasteiger partial charge in [0.2, 0.25) is 0 Å². The fourth-order valence-electron chi connectivity index (χ4n) is 1.11. The normalized spacial score (nSPS) is 16.5. The van der Waals surface area contributed by atoms with Crippen LogP contribution in [0.3, 0.4) is 0 Å². The minimum atomic E-state index is -7.91. The second-order valence-corrected chi connectivity index (χ2v) is 5.55. The molecular weight excluding hydrogens is 498 g/mol. The quantitative estimate of drug-likeness (QED) is 0.399. The number of aliphatic hydroxyl groups is 1. The molecule has 144 valence electrons. The average Bonchev–Trinajstić information content (AvgIpc) is 2.35. The summed E-state index contributed by atoms with van der Waals surface area (Å²) < 4.78 is 163. The zero-order chi connectivity index (χ0) is 20.0. The molecule has 0 aliphatic heterocycles. The zero-order valence-electron chi connectivity index (χ0n) is 10.5. The topological polar surface area (TPSA) is 20.2 Å². The van der Waals surface area contributed by atoms with E-state index in [2.05, 4.69) is 0 Å². The molecule has 0 bridgehead atoms. The van der Waals surface area contributed by atoms with E-state index >= 15 is 0 Å². The van der Waals surface area contributed by atoms with Crippen LogP contribution in [0.25, 0.3) is 0 Å². The van der Waals surface area contributed by atoms with Gasteiger partial charge in [-0.25, -0.2) is 0 Å². The maximum Gasteiger partial charge on any atom is 0.460 e. The summed E-state index contributed by atoms with van der Waals surface area (Å²) in [4.78, 5) is 0. The molecule has 0 unspecified atom stereocenters. The van der Waals surface area contributed by atoms with Gasteiger partial charge in [0, 0.05) is 9.66 Å². The standard InChI is InChI=1S/C9H4F13IO/c10-4(11,1-3(23)2-24)5(12,13)6(14,15)7(16,17)8(18,19)9(20,21)22/h1,24H,2H2. The summed E-state index contributed by atoms with van der Waals surface area (Å²) in [7, 11) is 0. The van der Waals surface area contributed by atoms with Gasteiger partial charge in [0.1, 0.15) is 0 Å². The molecule has 0 aromatic heterocycles. The van der Waals surface area contributed by atoms with Gasteiger partial charge in [-0.15, -0.1) is 0 Å². The summed E-state index contributed by atoms with van der Waals surface area (Å²) in [6.07, 6.45) is -8.59. The predicted molar refractivity (Wildman–Crippen MR) is 60.0 cm³/mol. The second-order valence-electron chi connectivity index (χ2n) is 4.17. The van der Waals surface area contributed by atoms with Crippen LogP contribution in [0.2, 0.25) is 0 Å². The molecule has 0 aromatic rings. The Labute approximate surface area is 137 Å². The van der Waals surface area contributed by atoms with Gasteiger partial charge in [0.25, 0.3) is 0 Å². The Bertz CT molecular complexity index is 492. The van der Waals surface area contributed by atoms with Crippen LogP contribution < -0.4 is 0 Å². The van der Waals surface area contributed by atoms with Crippen LogP contribution in [0.4, 0.5) is 57.1 Å². The van der Waals surface area contributed by atoms with Crippen LogP contribution >= 0.6 is 22.6 Å². The third kappa shape index (κ3) is 3.41. The molecule has 0 saturated heterocycles. The van der Waals surface area contributed by atoms with E-state index in [0.29, 0.717) is 22.6 Å². The largest absolute Gasteiger partial charge is 0.460 e. The van der Waals surface area contributed by atoms with E-state index in [-0.39, 0.29) is 0 Å². The van der Waals surface area contributed by atoms with Crippen LogP contribution in [-0.2, 0) is 0 Å². The summed E-state index contributed by atoms with van der Waals surface area (Å²) in [5, 5.41) is 8.30. The van der Waals surface area contributed by atoms with Gasteiger partial charge in [-0.05, 0) is 22.6 Å². The lowest BCUT2D eigenvalue weighted by molar-refractivity contribution is -0.436. The van der Waals surface area contributed by atoms with Gasteiger partial charge in [0.05, 0.1) is 6.61 Å². The second kappa shape index (κ2) is 6.35. The third-order valence-electron chi connectivity index (χ3n) is 2.45. The average molecular weight is 502 g/mol. The van der Waals surface area contributed by atoms with Crippen molar-refractivity contribution in [3.05, 3.63) is 9.66 Å². The molecule has 0 heterocycles. The number of allylic oxidation sites excluding steroid dienone is 1. The van der Waals surface area contributed by atoms with Crippen LogP contribution in [0, 0.1) is 0 Å². The van der Waals surface area contributed by atoms with Crippen molar-refractivity contribution < 1.29 is 62.2 Å². The lowest BCUT2D eigenvalue weighted by Gasteiger charge is -2.39. The first-order chi connectivity index (χ1) is 10.2. The fourth-order valence-corrected chi connectivity index (χ4v) is 1.51. The van der Waals surface area contributed by atoms with E-state index in [1.54, 1.807) is 0 Å². The Kier molecular flexibility index (Phi) is 6.23. The molecule has 24 heavy (non-hydrogen) atoms. The van der Waals surface area contributed by atoms with Gasteiger partial charge >= 0.3 is 35.8 Å². The van der Waals surface area contributed by atoms with Gasteiger partial charge < -0.3 is 5.11 Å². The number of alkyl halides is 13. The van der Waals surface area contributed by atoms with Gasteiger partial charge in [-0.3, -0.25) is 0 Å². The smallest absolute Gasteiger partial charge is 0.391 e. The molecule has 1 N–H and O–H groups in total. The van der Waals surface area contributed by atoms with Crippen molar-refractivity contribution in [3.8, 4) is 0 Å². The molecule has 0 rings (SSSR count). The molecule has 0 aliphatic carbocycles. The van der Waals surface area contributed by atoms with E-state index in [9.17, 15) is 57.1 Å². The molecular formula is C9H4F13IO. The first kappa shape index (κ1) is 23.5. The van der Waals surface area contributed by atoms with Gasteiger partial charge in [-0.2, -0.15) is 57.1 Å². The molecule has 1 nitrogen and oxygen atoms in total. The van der Waals surface area contributed by atoms with Crippen LogP contribution in [0.5, 0.6) is 0 Å². The number of rotatable bonds is 6. The van der Waals surface area contributed by atoms with Crippen molar-refractivity contribution in [1.29, 1.82) is 0 Å². The Morgan fingerprint density at radius 2 is 1.00 bits per heavy atom. The van der Waals surface area contributed by atoms with Crippen LogP contribution in [0.15, 0.2) is 9.66 Å². The van der Waals surface area contributed by atoms with E-state index < -0.39 is 52.1 Å². The summed E-state index contributed by atoms with van der Waals surface area (Å²) in [5.41, 5.74) is 0. The first-order valence-corrected chi connectivity index (χ1v) is 6.22. The highest BCUT2D eigenvalue weighted by atomic mass is 127. The fraction of sp³-hybridized carbons (Fsp3) is 0.778. The molecule has 0 spiro atoms. The van der Waals surface area contributed by atoms with Gasteiger partial charge in [0.15, 0.2) is 0 Å². The van der Waals surface area contributed by atoms with Gasteiger partial charge in [-0.1, -0.05) is 0 Å². The Balaban J connectivity index is 6.31. The van der Waals surface area contributed by atoms with Crippen molar-refractivity contribution in [2.75, 3.05) is 6.61 Å². The van der Waals surface area contributed by atoms with E-state index in [1.807, 2.05) is 0 Å². The molecule has 0 aliphatic rings. The summed E-state index contributed by atoms with van der Waals surface area (Å²) >= 11 is 0.686. The lowest BCUT2D eigenvalue weighted by Crippen LogP contribution is -2.69. The number of hydrogen-bond donors (Lipinski definition) is 1. The van der Waals surface area contributed by atoms with Crippen LogP contribution in [0.1, 0.15) is 0 Å². The minimum Gasteiger partial charge on any atom is -0.391 e. The van der Waals surface area contributed by atoms with E-state index in [4.69, 9.17) is 5.11 Å². The van der Waals surface area contributed by atoms with E-state index in [0.717, 1.165) is 0 Å². The van der Waals surface area contributed by atoms with Crippen molar-refractivity contribution in [2.45, 2.75) is 35.8 Å². The van der Waals surface area contributed by atoms with Crippen molar-refractivity contribution in [2.24, 2.45) is 0 Å². The number of aliphatic hydroxyl groups excluding tert-OH is 1. The molecule has 0 atom stereocenters. The molecule has 0 fully saturated rings. The number of hydrogen-bond acceptors (Lipinski definition) is 1. The minimum absolute atomic E-state index is 0.686. The number of halogens is 14. The Morgan fingerprint density at radius 1 is 0.667 bits per heavy atom. The monoisotopic (exact) mass is 502 g/mol. The summed E-state index contributed by atoms with van der Waals surface area (Å²) in [6.45, 7) is -1.45. The van der Waals surface area contributed by atoms with E-state index in [1.165, 1.54) is 0 Å². The maximum absolute atomic E-state index is 13.1. The Hall–Kier alpha value is -0.480. The molecule has 0 amide bonds. The van der Waals surface area contributed by atoms with Crippen molar-refractivity contribution >= 4 is 22.6 Å². The molecule has 0 aromatic carbocycles. The summed E-state index contributed by atoms with van der Waals surface area (Å²) in [5.74, 6) is -37.1. The lowest BCUT2D eigenvalue weighted by atomic mass is 9.94. The van der Waals surface area contributed by atoms with Crippen LogP contribution in [-0.4, -0.2) is 47.5 Å². The maximum atomic E-state index is 13.1. The molecule has 0 radical (unpaired) electrons. The highest BCUT2D eigenvalue weighted by Crippen LogP contribution is 2.60. The third-order valence-corrected chi connectivity index (χ3v) is 3.10. The molecule has 0 saturated carbocycles. The van der Waals surface area contributed by atoms with Crippen molar-refractivity contribution in [3.63, 3.8) is 0 Å². The highest BCUT2D eigenvalue weighted by Gasteiger charge is 2.90.